The molecule has 0 unspecified atom stereocenters. The predicted molar refractivity (Wildman–Crippen MR) is 75.3 cm³/mol. The van der Waals surface area contributed by atoms with Crippen LogP contribution in [0.25, 0.3) is 0 Å². The Labute approximate surface area is 130 Å². The summed E-state index contributed by atoms with van der Waals surface area (Å²) in [7, 11) is -4.68. The fourth-order valence-corrected chi connectivity index (χ4v) is 2.44. The van der Waals surface area contributed by atoms with Gasteiger partial charge in [-0.05, 0) is 0 Å². The van der Waals surface area contributed by atoms with E-state index in [0.717, 1.165) is 6.07 Å². The van der Waals surface area contributed by atoms with E-state index in [0.29, 0.717) is 0 Å². The van der Waals surface area contributed by atoms with Crippen LogP contribution in [0.3, 0.4) is 0 Å². The van der Waals surface area contributed by atoms with Crippen LogP contribution in [0, 0.1) is 0 Å². The second-order valence-corrected chi connectivity index (χ2v) is 6.14. The average Bonchev–Trinajstić information content (AvgIpc) is 2.76. The number of amides is 1. The van der Waals surface area contributed by atoms with Crippen LogP contribution in [-0.4, -0.2) is 49.2 Å². The maximum Gasteiger partial charge on any atom is 0.469 e. The number of ether oxygens (including phenoxy) is 1. The number of phosphoric ester groups is 1. The largest absolute Gasteiger partial charge is 0.469 e. The molecule has 1 aliphatic heterocycles. The third-order valence-electron chi connectivity index (χ3n) is 3.05. The third kappa shape index (κ3) is 4.93. The van der Waals surface area contributed by atoms with Gasteiger partial charge in [-0.1, -0.05) is 0 Å². The second-order valence-electron chi connectivity index (χ2n) is 4.90. The Bertz CT molecular complexity index is 686. The fraction of sp³-hybridized carbons (Fsp3) is 0.545. The zero-order valence-corrected chi connectivity index (χ0v) is 12.9. The maximum absolute atomic E-state index is 11.3. The molecule has 128 valence electrons. The van der Waals surface area contributed by atoms with Gasteiger partial charge in [-0.3, -0.25) is 24.0 Å². The Hall–Kier alpha value is -1.62. The molecule has 0 aliphatic carbocycles. The van der Waals surface area contributed by atoms with Crippen molar-refractivity contribution >= 4 is 19.7 Å². The summed E-state index contributed by atoms with van der Waals surface area (Å²) >= 11 is 0. The van der Waals surface area contributed by atoms with Crippen LogP contribution in [0.2, 0.25) is 0 Å². The van der Waals surface area contributed by atoms with E-state index >= 15 is 0 Å². The van der Waals surface area contributed by atoms with Gasteiger partial charge in [0.2, 0.25) is 11.9 Å². The number of aromatic nitrogens is 2. The van der Waals surface area contributed by atoms with E-state index in [1.165, 1.54) is 17.7 Å². The monoisotopic (exact) mass is 349 g/mol. The zero-order valence-electron chi connectivity index (χ0n) is 12.0. The number of carbonyl (C=O) groups is 1. The van der Waals surface area contributed by atoms with Crippen molar-refractivity contribution in [2.24, 2.45) is 0 Å². The van der Waals surface area contributed by atoms with Crippen molar-refractivity contribution in [1.82, 2.24) is 9.55 Å². The number of hydrogen-bond donors (Lipinski definition) is 4. The van der Waals surface area contributed by atoms with Gasteiger partial charge in [0.1, 0.15) is 12.3 Å². The van der Waals surface area contributed by atoms with Crippen molar-refractivity contribution in [3.63, 3.8) is 0 Å². The molecule has 11 nitrogen and oxygen atoms in total. The lowest BCUT2D eigenvalue weighted by atomic mass is 10.2. The SMILES string of the molecule is CC(=O)Nc1nc(=O)ccn1[C@H]1C[C@H](O)[C@@H](COP(=O)(O)O)O1. The summed E-state index contributed by atoms with van der Waals surface area (Å²) < 4.78 is 21.8. The van der Waals surface area contributed by atoms with Gasteiger partial charge in [-0.2, -0.15) is 4.98 Å². The van der Waals surface area contributed by atoms with Crippen LogP contribution in [0.1, 0.15) is 19.6 Å². The van der Waals surface area contributed by atoms with Crippen LogP contribution in [-0.2, 0) is 18.6 Å². The van der Waals surface area contributed by atoms with Crippen molar-refractivity contribution in [1.29, 1.82) is 0 Å². The Balaban J connectivity index is 2.15. The van der Waals surface area contributed by atoms with Gasteiger partial charge in [-0.25, -0.2) is 4.57 Å². The lowest BCUT2D eigenvalue weighted by molar-refractivity contribution is -0.114. The molecule has 12 heteroatoms. The Kier molecular flexibility index (Phi) is 5.30. The van der Waals surface area contributed by atoms with Gasteiger partial charge in [0.25, 0.3) is 5.56 Å². The molecule has 0 radical (unpaired) electrons. The molecule has 1 amide bonds. The van der Waals surface area contributed by atoms with Gasteiger partial charge >= 0.3 is 7.82 Å². The van der Waals surface area contributed by atoms with Crippen LogP contribution in [0.4, 0.5) is 5.95 Å². The van der Waals surface area contributed by atoms with Crippen LogP contribution < -0.4 is 10.9 Å². The Morgan fingerprint density at radius 3 is 2.91 bits per heavy atom. The van der Waals surface area contributed by atoms with Gasteiger partial charge in [0.15, 0.2) is 0 Å². The molecule has 0 spiro atoms. The van der Waals surface area contributed by atoms with Crippen molar-refractivity contribution in [2.75, 3.05) is 11.9 Å². The van der Waals surface area contributed by atoms with E-state index in [2.05, 4.69) is 14.8 Å². The number of carbonyl (C=O) groups excluding carboxylic acids is 1. The van der Waals surface area contributed by atoms with Gasteiger partial charge in [0.05, 0.1) is 12.7 Å². The highest BCUT2D eigenvalue weighted by Crippen LogP contribution is 2.38. The average molecular weight is 349 g/mol. The molecule has 23 heavy (non-hydrogen) atoms. The summed E-state index contributed by atoms with van der Waals surface area (Å²) in [4.78, 5) is 43.5. The topological polar surface area (TPSA) is 160 Å². The summed E-state index contributed by atoms with van der Waals surface area (Å²) in [5.41, 5.74) is -0.565. The van der Waals surface area contributed by atoms with Gasteiger partial charge in [-0.15, -0.1) is 0 Å². The minimum Gasteiger partial charge on any atom is -0.390 e. The van der Waals surface area contributed by atoms with Crippen molar-refractivity contribution in [2.45, 2.75) is 31.8 Å². The predicted octanol–water partition coefficient (Wildman–Crippen LogP) is -1.04. The Morgan fingerprint density at radius 1 is 1.61 bits per heavy atom. The number of nitrogens with zero attached hydrogens (tertiary/aromatic N) is 2. The highest BCUT2D eigenvalue weighted by Gasteiger charge is 2.37. The normalized spacial score (nSPS) is 24.6. The van der Waals surface area contributed by atoms with E-state index in [1.807, 2.05) is 0 Å². The number of anilines is 1. The first-order chi connectivity index (χ1) is 10.7. The molecule has 0 saturated carbocycles. The Morgan fingerprint density at radius 2 is 2.30 bits per heavy atom. The first-order valence-electron chi connectivity index (χ1n) is 6.56. The molecule has 1 aliphatic rings. The van der Waals surface area contributed by atoms with Gasteiger partial charge in [0, 0.05) is 25.6 Å². The number of nitrogens with one attached hydrogen (secondary N) is 1. The van der Waals surface area contributed by atoms with E-state index in [4.69, 9.17) is 14.5 Å². The van der Waals surface area contributed by atoms with Crippen molar-refractivity contribution in [3.8, 4) is 0 Å². The second kappa shape index (κ2) is 6.87. The summed E-state index contributed by atoms with van der Waals surface area (Å²) in [6.07, 6.45) is -1.41. The molecule has 1 saturated heterocycles. The fourth-order valence-electron chi connectivity index (χ4n) is 2.10. The van der Waals surface area contributed by atoms with Crippen LogP contribution in [0.5, 0.6) is 0 Å². The van der Waals surface area contributed by atoms with Crippen LogP contribution in [0.15, 0.2) is 17.1 Å². The summed E-state index contributed by atoms with van der Waals surface area (Å²) in [5.74, 6) is -0.504. The number of aliphatic hydroxyl groups is 1. The molecule has 0 aromatic carbocycles. The molecule has 1 fully saturated rings. The lowest BCUT2D eigenvalue weighted by Crippen LogP contribution is -2.26. The summed E-state index contributed by atoms with van der Waals surface area (Å²) in [6, 6.07) is 1.15. The molecule has 1 aromatic heterocycles. The number of hydrogen-bond acceptors (Lipinski definition) is 7. The van der Waals surface area contributed by atoms with E-state index in [-0.39, 0.29) is 12.4 Å². The van der Waals surface area contributed by atoms with E-state index < -0.39 is 44.3 Å². The van der Waals surface area contributed by atoms with E-state index in [1.54, 1.807) is 0 Å². The first-order valence-corrected chi connectivity index (χ1v) is 8.09. The minimum atomic E-state index is -4.68. The lowest BCUT2D eigenvalue weighted by Gasteiger charge is -2.19. The van der Waals surface area contributed by atoms with Crippen LogP contribution >= 0.6 is 7.82 Å². The third-order valence-corrected chi connectivity index (χ3v) is 3.53. The molecule has 2 rings (SSSR count). The van der Waals surface area contributed by atoms with Crippen molar-refractivity contribution in [3.05, 3.63) is 22.6 Å². The van der Waals surface area contributed by atoms with Gasteiger partial charge < -0.3 is 19.6 Å². The number of aliphatic hydroxyl groups excluding tert-OH is 1. The zero-order chi connectivity index (χ0) is 17.2. The molecule has 2 heterocycles. The number of rotatable bonds is 5. The summed E-state index contributed by atoms with van der Waals surface area (Å²) in [6.45, 7) is 0.732. The summed E-state index contributed by atoms with van der Waals surface area (Å²) in [5, 5.41) is 12.3. The molecular formula is C11H16N3O8P. The molecule has 4 N–H and O–H groups in total. The van der Waals surface area contributed by atoms with Crippen molar-refractivity contribution < 1.29 is 33.5 Å². The first kappa shape index (κ1) is 17.7. The minimum absolute atomic E-state index is 0.0567. The highest BCUT2D eigenvalue weighted by molar-refractivity contribution is 7.46. The molecule has 1 aromatic rings. The smallest absolute Gasteiger partial charge is 0.390 e. The molecule has 3 atom stereocenters. The molecule has 0 bridgehead atoms. The molecular weight excluding hydrogens is 333 g/mol. The number of phosphoric acid groups is 1. The standard InChI is InChI=1S/C11H16N3O8P/c1-6(15)12-11-13-9(17)2-3-14(11)10-4-7(16)8(22-10)5-21-23(18,19)20/h2-3,7-8,10,16H,4-5H2,1H3,(H2,18,19,20)(H,12,13,15,17)/t7-,8+,10+/m0/s1. The quantitative estimate of drug-likeness (QED) is 0.487. The highest BCUT2D eigenvalue weighted by atomic mass is 31.2. The van der Waals surface area contributed by atoms with E-state index in [9.17, 15) is 19.3 Å². The maximum atomic E-state index is 11.3.